The predicted octanol–water partition coefficient (Wildman–Crippen LogP) is 3.31. The summed E-state index contributed by atoms with van der Waals surface area (Å²) in [7, 11) is 0. The van der Waals surface area contributed by atoms with Gasteiger partial charge in [0.25, 0.3) is 0 Å². The van der Waals surface area contributed by atoms with E-state index in [1.54, 1.807) is 0 Å². The van der Waals surface area contributed by atoms with Crippen molar-refractivity contribution in [3.63, 3.8) is 0 Å². The lowest BCUT2D eigenvalue weighted by molar-refractivity contribution is 0.0242. The fourth-order valence-corrected chi connectivity index (χ4v) is 3.20. The molecular formula is C16H30N2O2. The van der Waals surface area contributed by atoms with Gasteiger partial charge in [0.2, 0.25) is 0 Å². The third-order valence-electron chi connectivity index (χ3n) is 4.15. The molecule has 1 aliphatic carbocycles. The van der Waals surface area contributed by atoms with Gasteiger partial charge in [-0.15, -0.1) is 0 Å². The summed E-state index contributed by atoms with van der Waals surface area (Å²) in [6.07, 6.45) is 8.59. The Balaban J connectivity index is 1.87. The van der Waals surface area contributed by atoms with E-state index in [4.69, 9.17) is 4.74 Å². The number of hydrogen-bond acceptors (Lipinski definition) is 3. The Kier molecular flexibility index (Phi) is 5.30. The van der Waals surface area contributed by atoms with E-state index in [9.17, 15) is 4.79 Å². The second kappa shape index (κ2) is 6.79. The van der Waals surface area contributed by atoms with Crippen molar-refractivity contribution in [1.82, 2.24) is 10.2 Å². The van der Waals surface area contributed by atoms with Crippen molar-refractivity contribution < 1.29 is 9.53 Å². The molecule has 4 nitrogen and oxygen atoms in total. The van der Waals surface area contributed by atoms with Crippen LogP contribution in [-0.2, 0) is 4.74 Å². The van der Waals surface area contributed by atoms with Gasteiger partial charge in [0.05, 0.1) is 0 Å². The minimum Gasteiger partial charge on any atom is -0.444 e. The third kappa shape index (κ3) is 4.97. The van der Waals surface area contributed by atoms with E-state index < -0.39 is 5.60 Å². The topological polar surface area (TPSA) is 41.6 Å². The Bertz CT molecular complexity index is 319. The SMILES string of the molecule is CC(C)(C)OC(=O)N1CCCC[C@@H](NC2CCCC2)C1. The molecule has 1 atom stereocenters. The molecular weight excluding hydrogens is 252 g/mol. The molecule has 0 bridgehead atoms. The van der Waals surface area contributed by atoms with E-state index >= 15 is 0 Å². The maximum atomic E-state index is 12.2. The average Bonchev–Trinajstić information content (AvgIpc) is 2.71. The number of rotatable bonds is 2. The first-order chi connectivity index (χ1) is 9.44. The quantitative estimate of drug-likeness (QED) is 0.845. The summed E-state index contributed by atoms with van der Waals surface area (Å²) in [6, 6.07) is 1.10. The molecule has 4 heteroatoms. The Morgan fingerprint density at radius 3 is 2.30 bits per heavy atom. The molecule has 1 N–H and O–H groups in total. The fourth-order valence-electron chi connectivity index (χ4n) is 3.20. The summed E-state index contributed by atoms with van der Waals surface area (Å²) in [5.74, 6) is 0. The van der Waals surface area contributed by atoms with Crippen LogP contribution in [0.1, 0.15) is 65.7 Å². The molecule has 2 rings (SSSR count). The van der Waals surface area contributed by atoms with Crippen LogP contribution < -0.4 is 5.32 Å². The molecule has 116 valence electrons. The van der Waals surface area contributed by atoms with Gasteiger partial charge in [0.1, 0.15) is 5.60 Å². The predicted molar refractivity (Wildman–Crippen MR) is 80.8 cm³/mol. The summed E-state index contributed by atoms with van der Waals surface area (Å²) >= 11 is 0. The summed E-state index contributed by atoms with van der Waals surface area (Å²) < 4.78 is 5.51. The van der Waals surface area contributed by atoms with Crippen molar-refractivity contribution >= 4 is 6.09 Å². The van der Waals surface area contributed by atoms with Crippen molar-refractivity contribution in [3.8, 4) is 0 Å². The van der Waals surface area contributed by atoms with Crippen LogP contribution in [-0.4, -0.2) is 41.8 Å². The van der Waals surface area contributed by atoms with E-state index in [1.807, 2.05) is 25.7 Å². The molecule has 1 saturated heterocycles. The van der Waals surface area contributed by atoms with E-state index in [0.29, 0.717) is 12.1 Å². The minimum atomic E-state index is -0.405. The molecule has 0 aromatic carbocycles. The smallest absolute Gasteiger partial charge is 0.410 e. The Morgan fingerprint density at radius 1 is 1.05 bits per heavy atom. The van der Waals surface area contributed by atoms with Crippen LogP contribution in [0.2, 0.25) is 0 Å². The molecule has 0 spiro atoms. The molecule has 2 aliphatic rings. The molecule has 0 unspecified atom stereocenters. The molecule has 1 amide bonds. The summed E-state index contributed by atoms with van der Waals surface area (Å²) in [5.41, 5.74) is -0.405. The van der Waals surface area contributed by atoms with Crippen molar-refractivity contribution in [1.29, 1.82) is 0 Å². The number of likely N-dealkylation sites (tertiary alicyclic amines) is 1. The standard InChI is InChI=1S/C16H30N2O2/c1-16(2,3)20-15(19)18-11-7-6-10-14(12-18)17-13-8-4-5-9-13/h13-14,17H,4-12H2,1-3H3/t14-/m1/s1. The normalized spacial score (nSPS) is 25.6. The highest BCUT2D eigenvalue weighted by atomic mass is 16.6. The van der Waals surface area contributed by atoms with E-state index in [0.717, 1.165) is 19.5 Å². The monoisotopic (exact) mass is 282 g/mol. The van der Waals surface area contributed by atoms with E-state index in [1.165, 1.54) is 38.5 Å². The zero-order valence-corrected chi connectivity index (χ0v) is 13.3. The molecule has 0 aromatic rings. The van der Waals surface area contributed by atoms with Gasteiger partial charge in [-0.05, 0) is 46.5 Å². The summed E-state index contributed by atoms with van der Waals surface area (Å²) in [4.78, 5) is 14.1. The highest BCUT2D eigenvalue weighted by Gasteiger charge is 2.27. The Hall–Kier alpha value is -0.770. The van der Waals surface area contributed by atoms with E-state index in [2.05, 4.69) is 5.32 Å². The minimum absolute atomic E-state index is 0.155. The molecule has 1 saturated carbocycles. The first-order valence-corrected chi connectivity index (χ1v) is 8.18. The number of carbonyl (C=O) groups excluding carboxylic acids is 1. The molecule has 1 heterocycles. The largest absolute Gasteiger partial charge is 0.444 e. The lowest BCUT2D eigenvalue weighted by atomic mass is 10.1. The van der Waals surface area contributed by atoms with Gasteiger partial charge in [-0.3, -0.25) is 0 Å². The van der Waals surface area contributed by atoms with Gasteiger partial charge < -0.3 is 15.0 Å². The third-order valence-corrected chi connectivity index (χ3v) is 4.15. The fraction of sp³-hybridized carbons (Fsp3) is 0.938. The average molecular weight is 282 g/mol. The van der Waals surface area contributed by atoms with Crippen LogP contribution in [0.25, 0.3) is 0 Å². The number of nitrogens with one attached hydrogen (secondary N) is 1. The number of nitrogens with zero attached hydrogens (tertiary/aromatic N) is 1. The number of ether oxygens (including phenoxy) is 1. The number of amides is 1. The summed E-state index contributed by atoms with van der Waals surface area (Å²) in [6.45, 7) is 7.41. The van der Waals surface area contributed by atoms with Crippen LogP contribution in [0, 0.1) is 0 Å². The lowest BCUT2D eigenvalue weighted by Crippen LogP contribution is -2.46. The maximum Gasteiger partial charge on any atom is 0.410 e. The van der Waals surface area contributed by atoms with Crippen molar-refractivity contribution in [2.24, 2.45) is 0 Å². The second-order valence-electron chi connectivity index (χ2n) is 7.27. The van der Waals surface area contributed by atoms with Crippen molar-refractivity contribution in [3.05, 3.63) is 0 Å². The van der Waals surface area contributed by atoms with Crippen LogP contribution in [0.5, 0.6) is 0 Å². The van der Waals surface area contributed by atoms with Crippen LogP contribution in [0.3, 0.4) is 0 Å². The molecule has 2 fully saturated rings. The highest BCUT2D eigenvalue weighted by Crippen LogP contribution is 2.21. The van der Waals surface area contributed by atoms with Gasteiger partial charge in [0, 0.05) is 25.2 Å². The highest BCUT2D eigenvalue weighted by molar-refractivity contribution is 5.68. The second-order valence-corrected chi connectivity index (χ2v) is 7.27. The van der Waals surface area contributed by atoms with Gasteiger partial charge in [-0.25, -0.2) is 4.79 Å². The molecule has 1 aliphatic heterocycles. The molecule has 0 aromatic heterocycles. The Labute approximate surface area is 123 Å². The zero-order valence-electron chi connectivity index (χ0n) is 13.3. The van der Waals surface area contributed by atoms with Crippen LogP contribution in [0.4, 0.5) is 4.79 Å². The van der Waals surface area contributed by atoms with Crippen LogP contribution in [0.15, 0.2) is 0 Å². The molecule has 0 radical (unpaired) electrons. The first kappa shape index (κ1) is 15.6. The maximum absolute atomic E-state index is 12.2. The van der Waals surface area contributed by atoms with Crippen molar-refractivity contribution in [2.45, 2.75) is 83.4 Å². The van der Waals surface area contributed by atoms with Gasteiger partial charge in [0.15, 0.2) is 0 Å². The van der Waals surface area contributed by atoms with Gasteiger partial charge in [-0.2, -0.15) is 0 Å². The van der Waals surface area contributed by atoms with Crippen LogP contribution >= 0.6 is 0 Å². The first-order valence-electron chi connectivity index (χ1n) is 8.18. The van der Waals surface area contributed by atoms with Crippen molar-refractivity contribution in [2.75, 3.05) is 13.1 Å². The number of hydrogen-bond donors (Lipinski definition) is 1. The summed E-state index contributed by atoms with van der Waals surface area (Å²) in [5, 5.41) is 3.76. The van der Waals surface area contributed by atoms with Gasteiger partial charge >= 0.3 is 6.09 Å². The van der Waals surface area contributed by atoms with Gasteiger partial charge in [-0.1, -0.05) is 19.3 Å². The number of carbonyl (C=O) groups is 1. The zero-order chi connectivity index (χ0) is 14.6. The van der Waals surface area contributed by atoms with E-state index in [-0.39, 0.29) is 6.09 Å². The molecule has 20 heavy (non-hydrogen) atoms. The lowest BCUT2D eigenvalue weighted by Gasteiger charge is -2.29. The Morgan fingerprint density at radius 2 is 1.65 bits per heavy atom.